The normalized spacial score (nSPS) is 15.4. The standard InChI is InChI=1S/C17H12F3NO2/c18-17(19,20)12-8-6-11(7-9-12)15-14(22)10-21(16(15)23)13-4-2-1-3-5-13/h1-9,22H,10H2. The fourth-order valence-electron chi connectivity index (χ4n) is 2.49. The van der Waals surface area contributed by atoms with E-state index in [-0.39, 0.29) is 23.4 Å². The van der Waals surface area contributed by atoms with Crippen LogP contribution in [0.4, 0.5) is 18.9 Å². The predicted octanol–water partition coefficient (Wildman–Crippen LogP) is 4.02. The number of halogens is 3. The van der Waals surface area contributed by atoms with Crippen molar-refractivity contribution in [3.05, 3.63) is 71.5 Å². The highest BCUT2D eigenvalue weighted by atomic mass is 19.4. The summed E-state index contributed by atoms with van der Waals surface area (Å²) in [7, 11) is 0. The maximum Gasteiger partial charge on any atom is 0.416 e. The van der Waals surface area contributed by atoms with Crippen LogP contribution in [0, 0.1) is 0 Å². The van der Waals surface area contributed by atoms with Crippen molar-refractivity contribution >= 4 is 17.2 Å². The van der Waals surface area contributed by atoms with E-state index in [1.54, 1.807) is 30.3 Å². The molecular formula is C17H12F3NO2. The second-order valence-corrected chi connectivity index (χ2v) is 5.12. The summed E-state index contributed by atoms with van der Waals surface area (Å²) in [5.41, 5.74) is 0.110. The fourth-order valence-corrected chi connectivity index (χ4v) is 2.49. The van der Waals surface area contributed by atoms with Gasteiger partial charge in [-0.2, -0.15) is 13.2 Å². The topological polar surface area (TPSA) is 40.5 Å². The molecular weight excluding hydrogens is 307 g/mol. The van der Waals surface area contributed by atoms with Crippen molar-refractivity contribution in [2.24, 2.45) is 0 Å². The zero-order chi connectivity index (χ0) is 16.6. The van der Waals surface area contributed by atoms with Crippen LogP contribution >= 0.6 is 0 Å². The Bertz CT molecular complexity index is 765. The Balaban J connectivity index is 1.91. The van der Waals surface area contributed by atoms with E-state index in [4.69, 9.17) is 0 Å². The Hall–Kier alpha value is -2.76. The minimum absolute atomic E-state index is 0.000791. The van der Waals surface area contributed by atoms with Gasteiger partial charge in [0.05, 0.1) is 17.7 Å². The molecule has 3 nitrogen and oxygen atoms in total. The van der Waals surface area contributed by atoms with E-state index in [2.05, 4.69) is 0 Å². The fraction of sp³-hybridized carbons (Fsp3) is 0.118. The maximum absolute atomic E-state index is 12.6. The summed E-state index contributed by atoms with van der Waals surface area (Å²) in [6.45, 7) is -0.000791. The van der Waals surface area contributed by atoms with Crippen molar-refractivity contribution in [3.8, 4) is 0 Å². The van der Waals surface area contributed by atoms with Gasteiger partial charge < -0.3 is 10.0 Å². The second kappa shape index (κ2) is 5.46. The molecule has 2 aromatic rings. The molecule has 0 saturated heterocycles. The lowest BCUT2D eigenvalue weighted by atomic mass is 10.0. The van der Waals surface area contributed by atoms with E-state index >= 15 is 0 Å². The third-order valence-electron chi connectivity index (χ3n) is 3.62. The maximum atomic E-state index is 12.6. The SMILES string of the molecule is O=C1C(c2ccc(C(F)(F)F)cc2)=C(O)CN1c1ccccc1. The quantitative estimate of drug-likeness (QED) is 0.908. The van der Waals surface area contributed by atoms with Gasteiger partial charge in [-0.15, -0.1) is 0 Å². The van der Waals surface area contributed by atoms with Gasteiger partial charge in [0.25, 0.3) is 5.91 Å². The summed E-state index contributed by atoms with van der Waals surface area (Å²) >= 11 is 0. The lowest BCUT2D eigenvalue weighted by Gasteiger charge is -2.16. The molecule has 1 amide bonds. The Labute approximate surface area is 130 Å². The minimum Gasteiger partial charge on any atom is -0.510 e. The highest BCUT2D eigenvalue weighted by Crippen LogP contribution is 2.33. The molecule has 1 aliphatic rings. The number of rotatable bonds is 2. The van der Waals surface area contributed by atoms with Gasteiger partial charge in [0.2, 0.25) is 0 Å². The highest BCUT2D eigenvalue weighted by molar-refractivity contribution is 6.29. The van der Waals surface area contributed by atoms with Gasteiger partial charge in [0.1, 0.15) is 5.76 Å². The Morgan fingerprint density at radius 3 is 2.13 bits per heavy atom. The highest BCUT2D eigenvalue weighted by Gasteiger charge is 2.34. The van der Waals surface area contributed by atoms with E-state index in [1.807, 2.05) is 0 Å². The van der Waals surface area contributed by atoms with Crippen LogP contribution in [0.3, 0.4) is 0 Å². The van der Waals surface area contributed by atoms with Crippen LogP contribution < -0.4 is 4.90 Å². The van der Waals surface area contributed by atoms with Gasteiger partial charge in [-0.3, -0.25) is 4.79 Å². The molecule has 0 spiro atoms. The molecule has 1 aliphatic heterocycles. The van der Waals surface area contributed by atoms with Crippen molar-refractivity contribution in [2.75, 3.05) is 11.4 Å². The summed E-state index contributed by atoms with van der Waals surface area (Å²) < 4.78 is 37.8. The molecule has 0 fully saturated rings. The van der Waals surface area contributed by atoms with E-state index < -0.39 is 17.6 Å². The summed E-state index contributed by atoms with van der Waals surface area (Å²) in [6.07, 6.45) is -4.44. The lowest BCUT2D eigenvalue weighted by Crippen LogP contribution is -2.26. The molecule has 0 aliphatic carbocycles. The molecule has 0 unspecified atom stereocenters. The molecule has 118 valence electrons. The van der Waals surface area contributed by atoms with Crippen LogP contribution in [-0.2, 0) is 11.0 Å². The number of nitrogens with zero attached hydrogens (tertiary/aromatic N) is 1. The molecule has 1 N–H and O–H groups in total. The molecule has 1 heterocycles. The molecule has 6 heteroatoms. The van der Waals surface area contributed by atoms with E-state index in [9.17, 15) is 23.1 Å². The number of carbonyl (C=O) groups excluding carboxylic acids is 1. The number of carbonyl (C=O) groups is 1. The lowest BCUT2D eigenvalue weighted by molar-refractivity contribution is -0.137. The van der Waals surface area contributed by atoms with Crippen LogP contribution in [0.15, 0.2) is 60.4 Å². The van der Waals surface area contributed by atoms with E-state index in [1.165, 1.54) is 17.0 Å². The molecule has 0 aromatic heterocycles. The second-order valence-electron chi connectivity index (χ2n) is 5.12. The molecule has 23 heavy (non-hydrogen) atoms. The molecule has 0 atom stereocenters. The van der Waals surface area contributed by atoms with Gasteiger partial charge in [-0.05, 0) is 29.8 Å². The first kappa shape index (κ1) is 15.1. The van der Waals surface area contributed by atoms with Gasteiger partial charge >= 0.3 is 6.18 Å². The molecule has 0 saturated carbocycles. The molecule has 2 aromatic carbocycles. The monoisotopic (exact) mass is 319 g/mol. The number of hydrogen-bond acceptors (Lipinski definition) is 2. The van der Waals surface area contributed by atoms with Crippen molar-refractivity contribution in [2.45, 2.75) is 6.18 Å². The number of hydrogen-bond donors (Lipinski definition) is 1. The van der Waals surface area contributed by atoms with Crippen LogP contribution in [-0.4, -0.2) is 17.6 Å². The largest absolute Gasteiger partial charge is 0.510 e. The first-order valence-electron chi connectivity index (χ1n) is 6.84. The van der Waals surface area contributed by atoms with Gasteiger partial charge in [0.15, 0.2) is 0 Å². The number of benzene rings is 2. The molecule has 0 radical (unpaired) electrons. The van der Waals surface area contributed by atoms with Crippen molar-refractivity contribution in [3.63, 3.8) is 0 Å². The number of alkyl halides is 3. The number of aliphatic hydroxyl groups is 1. The smallest absolute Gasteiger partial charge is 0.416 e. The Morgan fingerprint density at radius 2 is 1.57 bits per heavy atom. The van der Waals surface area contributed by atoms with Crippen LogP contribution in [0.5, 0.6) is 0 Å². The number of amides is 1. The minimum atomic E-state index is -4.44. The molecule has 3 rings (SSSR count). The van der Waals surface area contributed by atoms with Gasteiger partial charge in [-0.1, -0.05) is 30.3 Å². The first-order valence-corrected chi connectivity index (χ1v) is 6.84. The van der Waals surface area contributed by atoms with Gasteiger partial charge in [-0.25, -0.2) is 0 Å². The third-order valence-corrected chi connectivity index (χ3v) is 3.62. The van der Waals surface area contributed by atoms with Crippen LogP contribution in [0.2, 0.25) is 0 Å². The van der Waals surface area contributed by atoms with Crippen molar-refractivity contribution < 1.29 is 23.1 Å². The van der Waals surface area contributed by atoms with E-state index in [0.717, 1.165) is 12.1 Å². The number of anilines is 1. The predicted molar refractivity (Wildman–Crippen MR) is 79.8 cm³/mol. The van der Waals surface area contributed by atoms with Crippen molar-refractivity contribution in [1.82, 2.24) is 0 Å². The number of para-hydroxylation sites is 1. The number of aliphatic hydroxyl groups excluding tert-OH is 1. The average molecular weight is 319 g/mol. The zero-order valence-electron chi connectivity index (χ0n) is 11.8. The van der Waals surface area contributed by atoms with Gasteiger partial charge in [0, 0.05) is 5.69 Å². The average Bonchev–Trinajstić information content (AvgIpc) is 2.82. The van der Waals surface area contributed by atoms with Crippen LogP contribution in [0.25, 0.3) is 5.57 Å². The molecule has 0 bridgehead atoms. The summed E-state index contributed by atoms with van der Waals surface area (Å²) in [6, 6.07) is 12.9. The van der Waals surface area contributed by atoms with Crippen LogP contribution in [0.1, 0.15) is 11.1 Å². The zero-order valence-corrected chi connectivity index (χ0v) is 11.8. The van der Waals surface area contributed by atoms with Crippen molar-refractivity contribution in [1.29, 1.82) is 0 Å². The summed E-state index contributed by atoms with van der Waals surface area (Å²) in [5, 5.41) is 10.1. The third kappa shape index (κ3) is 2.79. The first-order chi connectivity index (χ1) is 10.9. The summed E-state index contributed by atoms with van der Waals surface area (Å²) in [5.74, 6) is -0.591. The van der Waals surface area contributed by atoms with E-state index in [0.29, 0.717) is 5.69 Å². The Kier molecular flexibility index (Phi) is 3.60. The Morgan fingerprint density at radius 1 is 0.957 bits per heavy atom. The summed E-state index contributed by atoms with van der Waals surface area (Å²) in [4.78, 5) is 13.9.